The largest absolute Gasteiger partial charge is 0.445 e. The molecule has 1 aromatic rings. The number of aliphatic imine (C=N–C) groups is 1. The van der Waals surface area contributed by atoms with Crippen molar-refractivity contribution in [3.8, 4) is 0 Å². The zero-order valence-electron chi connectivity index (χ0n) is 14.5. The molecule has 6 nitrogen and oxygen atoms in total. The molecule has 0 spiro atoms. The van der Waals surface area contributed by atoms with Crippen molar-refractivity contribution in [1.29, 1.82) is 0 Å². The molecule has 2 aliphatic heterocycles. The molecule has 3 amide bonds. The second-order valence-corrected chi connectivity index (χ2v) is 7.51. The number of rotatable bonds is 4. The number of imide groups is 1. The first-order chi connectivity index (χ1) is 12.3. The van der Waals surface area contributed by atoms with Crippen molar-refractivity contribution >= 4 is 53.1 Å². The molecule has 1 aromatic carbocycles. The number of carbonyl (C=O) groups excluding carboxylic acids is 3. The van der Waals surface area contributed by atoms with E-state index in [1.54, 1.807) is 37.5 Å². The minimum absolute atomic E-state index is 0.0583. The van der Waals surface area contributed by atoms with Crippen molar-refractivity contribution in [1.82, 2.24) is 4.90 Å². The Kier molecular flexibility index (Phi) is 5.11. The van der Waals surface area contributed by atoms with Crippen molar-refractivity contribution in [3.05, 3.63) is 45.3 Å². The second-order valence-electron chi connectivity index (χ2n) is 6.05. The number of dihydropyridines is 1. The molecule has 0 saturated carbocycles. The van der Waals surface area contributed by atoms with Gasteiger partial charge in [0.25, 0.3) is 5.84 Å². The van der Waals surface area contributed by atoms with Crippen LogP contribution in [0.15, 0.2) is 39.7 Å². The number of amides is 3. The van der Waals surface area contributed by atoms with Gasteiger partial charge in [-0.15, -0.1) is 16.8 Å². The molecule has 1 atom stereocenters. The van der Waals surface area contributed by atoms with Crippen LogP contribution in [-0.4, -0.2) is 59.1 Å². The molecule has 2 heterocycles. The van der Waals surface area contributed by atoms with E-state index in [4.69, 9.17) is 11.6 Å². The molecule has 8 heteroatoms. The van der Waals surface area contributed by atoms with Crippen LogP contribution in [0.3, 0.4) is 0 Å². The first-order valence-corrected chi connectivity index (χ1v) is 9.26. The molecule has 0 bridgehead atoms. The van der Waals surface area contributed by atoms with Crippen molar-refractivity contribution < 1.29 is 19.0 Å². The van der Waals surface area contributed by atoms with Gasteiger partial charge < -0.3 is 0 Å². The third-order valence-corrected chi connectivity index (χ3v) is 5.85. The van der Waals surface area contributed by atoms with E-state index in [9.17, 15) is 14.4 Å². The summed E-state index contributed by atoms with van der Waals surface area (Å²) >= 11 is 7.16. The zero-order chi connectivity index (χ0) is 19.0. The third kappa shape index (κ3) is 3.24. The molecule has 0 aromatic heterocycles. The average Bonchev–Trinajstić information content (AvgIpc) is 2.63. The smallest absolute Gasteiger partial charge is 0.293 e. The highest BCUT2D eigenvalue weighted by Crippen LogP contribution is 2.34. The highest BCUT2D eigenvalue weighted by molar-refractivity contribution is 8.03. The number of Topliss-reactive ketones (excluding diaryl/α,β-unsaturated/α-hetero) is 1. The number of hydrogen-bond donors (Lipinski definition) is 0. The zero-order valence-corrected chi connectivity index (χ0v) is 16.1. The van der Waals surface area contributed by atoms with Gasteiger partial charge in [0.05, 0.1) is 19.8 Å². The van der Waals surface area contributed by atoms with Gasteiger partial charge >= 0.3 is 11.9 Å². The lowest BCUT2D eigenvalue weighted by atomic mass is 9.99. The maximum Gasteiger partial charge on any atom is 0.445 e. The molecule has 0 aliphatic carbocycles. The number of carbonyl (C=O) groups is 3. The molecular weight excluding hydrogens is 374 g/mol. The van der Waals surface area contributed by atoms with Crippen molar-refractivity contribution in [2.24, 2.45) is 10.9 Å². The van der Waals surface area contributed by atoms with Crippen LogP contribution in [0.4, 0.5) is 4.79 Å². The first-order valence-electron chi connectivity index (χ1n) is 7.89. The highest BCUT2D eigenvalue weighted by atomic mass is 35.5. The minimum Gasteiger partial charge on any atom is -0.293 e. The third-order valence-electron chi connectivity index (χ3n) is 4.32. The van der Waals surface area contributed by atoms with Gasteiger partial charge in [0.1, 0.15) is 6.21 Å². The van der Waals surface area contributed by atoms with Gasteiger partial charge in [-0.2, -0.15) is 9.48 Å². The van der Waals surface area contributed by atoms with E-state index >= 15 is 0 Å². The van der Waals surface area contributed by atoms with E-state index in [1.807, 2.05) is 6.92 Å². The van der Waals surface area contributed by atoms with Gasteiger partial charge in [0.15, 0.2) is 11.7 Å². The number of fused-ring (bicyclic) bond motifs is 1. The lowest BCUT2D eigenvalue weighted by molar-refractivity contribution is -0.407. The van der Waals surface area contributed by atoms with Crippen molar-refractivity contribution in [3.63, 3.8) is 0 Å². The lowest BCUT2D eigenvalue weighted by Crippen LogP contribution is -2.52. The van der Waals surface area contributed by atoms with Crippen molar-refractivity contribution in [2.45, 2.75) is 6.92 Å². The van der Waals surface area contributed by atoms with E-state index in [1.165, 1.54) is 23.4 Å². The SMILES string of the molecule is CC1=C(SCC(=O)c2ccc(Cl)cc2)C2C(=O)N(C)C(=O)[N+](C)=C2N=C1. The normalized spacial score (nSPS) is 20.0. The summed E-state index contributed by atoms with van der Waals surface area (Å²) in [5.41, 5.74) is 1.38. The number of thioether (sulfide) groups is 1. The Labute approximate surface area is 160 Å². The standard InChI is InChI=1S/C18H17ClN3O3S/c1-10-8-20-16-14(17(24)22(3)18(25)21(16)2)15(10)26-9-13(23)11-4-6-12(19)7-5-11/h4-8,14H,9H2,1-3H3/q+1. The summed E-state index contributed by atoms with van der Waals surface area (Å²) in [6.07, 6.45) is 1.63. The fraction of sp³-hybridized carbons (Fsp3) is 0.278. The van der Waals surface area contributed by atoms with Crippen LogP contribution in [0.1, 0.15) is 17.3 Å². The van der Waals surface area contributed by atoms with Gasteiger partial charge in [0, 0.05) is 15.5 Å². The van der Waals surface area contributed by atoms with Crippen LogP contribution in [0.2, 0.25) is 5.02 Å². The lowest BCUT2D eigenvalue weighted by Gasteiger charge is -2.27. The fourth-order valence-electron chi connectivity index (χ4n) is 2.82. The Morgan fingerprint density at radius 2 is 1.96 bits per heavy atom. The predicted molar refractivity (Wildman–Crippen MR) is 102 cm³/mol. The Morgan fingerprint density at radius 1 is 1.31 bits per heavy atom. The van der Waals surface area contributed by atoms with Gasteiger partial charge in [0.2, 0.25) is 0 Å². The van der Waals surface area contributed by atoms with Crippen LogP contribution in [0.5, 0.6) is 0 Å². The quantitative estimate of drug-likeness (QED) is 0.585. The van der Waals surface area contributed by atoms with Crippen LogP contribution in [-0.2, 0) is 4.79 Å². The number of amidine groups is 1. The molecule has 3 rings (SSSR count). The van der Waals surface area contributed by atoms with Gasteiger partial charge in [-0.1, -0.05) is 11.6 Å². The number of nitrogens with zero attached hydrogens (tertiary/aromatic N) is 3. The van der Waals surface area contributed by atoms with Crippen LogP contribution in [0.25, 0.3) is 0 Å². The molecule has 1 unspecified atom stereocenters. The van der Waals surface area contributed by atoms with E-state index < -0.39 is 11.9 Å². The summed E-state index contributed by atoms with van der Waals surface area (Å²) in [6, 6.07) is 6.28. The molecule has 26 heavy (non-hydrogen) atoms. The molecule has 0 saturated heterocycles. The molecular formula is C18H17ClN3O3S+. The summed E-state index contributed by atoms with van der Waals surface area (Å²) in [5.74, 6) is -0.473. The fourth-order valence-corrected chi connectivity index (χ4v) is 4.05. The van der Waals surface area contributed by atoms with E-state index in [-0.39, 0.29) is 17.4 Å². The first kappa shape index (κ1) is 18.5. The number of hydrogen-bond acceptors (Lipinski definition) is 5. The van der Waals surface area contributed by atoms with Gasteiger partial charge in [-0.3, -0.25) is 9.59 Å². The molecule has 0 N–H and O–H groups in total. The summed E-state index contributed by atoms with van der Waals surface area (Å²) in [6.45, 7) is 1.85. The minimum atomic E-state index is -0.657. The average molecular weight is 391 g/mol. The second kappa shape index (κ2) is 7.17. The Bertz CT molecular complexity index is 903. The topological polar surface area (TPSA) is 69.8 Å². The summed E-state index contributed by atoms with van der Waals surface area (Å²) < 4.78 is 1.37. The van der Waals surface area contributed by atoms with Crippen LogP contribution < -0.4 is 0 Å². The summed E-state index contributed by atoms with van der Waals surface area (Å²) in [7, 11) is 3.04. The van der Waals surface area contributed by atoms with Crippen LogP contribution in [0, 0.1) is 5.92 Å². The Hall–Kier alpha value is -2.25. The monoisotopic (exact) mass is 390 g/mol. The summed E-state index contributed by atoms with van der Waals surface area (Å²) in [5, 5.41) is 0.569. The molecule has 2 aliphatic rings. The number of benzene rings is 1. The number of ketones is 1. The Balaban J connectivity index is 1.86. The number of allylic oxidation sites excluding steroid dienone is 1. The molecule has 0 fully saturated rings. The van der Waals surface area contributed by atoms with Gasteiger partial charge in [-0.25, -0.2) is 4.79 Å². The van der Waals surface area contributed by atoms with Crippen LogP contribution >= 0.6 is 23.4 Å². The van der Waals surface area contributed by atoms with E-state index in [0.29, 0.717) is 16.4 Å². The van der Waals surface area contributed by atoms with E-state index in [0.717, 1.165) is 15.4 Å². The van der Waals surface area contributed by atoms with Crippen molar-refractivity contribution in [2.75, 3.05) is 19.8 Å². The Morgan fingerprint density at radius 3 is 2.62 bits per heavy atom. The molecule has 134 valence electrons. The number of halogens is 1. The maximum atomic E-state index is 12.7. The predicted octanol–water partition coefficient (Wildman–Crippen LogP) is 2.86. The summed E-state index contributed by atoms with van der Waals surface area (Å²) in [4.78, 5) is 43.3. The van der Waals surface area contributed by atoms with E-state index in [2.05, 4.69) is 4.99 Å². The maximum absolute atomic E-state index is 12.7. The number of urea groups is 1. The molecule has 0 radical (unpaired) electrons. The van der Waals surface area contributed by atoms with Gasteiger partial charge in [-0.05, 0) is 36.8 Å². The highest BCUT2D eigenvalue weighted by Gasteiger charge is 2.47.